The lowest BCUT2D eigenvalue weighted by Crippen LogP contribution is -2.10. The fourth-order valence-corrected chi connectivity index (χ4v) is 2.83. The summed E-state index contributed by atoms with van der Waals surface area (Å²) >= 11 is 0. The van der Waals surface area contributed by atoms with Crippen molar-refractivity contribution in [3.8, 4) is 6.07 Å². The second kappa shape index (κ2) is 6.97. The zero-order valence-electron chi connectivity index (χ0n) is 15.1. The van der Waals surface area contributed by atoms with Crippen LogP contribution in [0.3, 0.4) is 0 Å². The van der Waals surface area contributed by atoms with Crippen LogP contribution in [0.15, 0.2) is 62.7 Å². The Kier molecular flexibility index (Phi) is 4.73. The highest BCUT2D eigenvalue weighted by Gasteiger charge is 2.14. The molecule has 2 aromatic carbocycles. The molecule has 0 aliphatic rings. The Balaban J connectivity index is 1.91. The molecule has 0 spiro atoms. The predicted molar refractivity (Wildman–Crippen MR) is 104 cm³/mol. The van der Waals surface area contributed by atoms with Crippen LogP contribution in [0.25, 0.3) is 11.0 Å². The van der Waals surface area contributed by atoms with E-state index in [0.29, 0.717) is 17.6 Å². The van der Waals surface area contributed by atoms with Crippen LogP contribution in [0.2, 0.25) is 0 Å². The van der Waals surface area contributed by atoms with Gasteiger partial charge in [0.1, 0.15) is 17.2 Å². The molecule has 0 unspecified atom stereocenters. The van der Waals surface area contributed by atoms with E-state index in [4.69, 9.17) is 4.42 Å². The fraction of sp³-hybridized carbons (Fsp3) is 0.227. The van der Waals surface area contributed by atoms with Crippen LogP contribution >= 0.6 is 0 Å². The number of hydrogen-bond acceptors (Lipinski definition) is 4. The normalized spacial score (nSPS) is 11.8. The van der Waals surface area contributed by atoms with Crippen LogP contribution in [-0.2, 0) is 11.8 Å². The molecule has 0 aliphatic heterocycles. The molecule has 26 heavy (non-hydrogen) atoms. The number of fused-ring (bicyclic) bond motifs is 1. The second-order valence-electron chi connectivity index (χ2n) is 7.16. The number of nitrogens with zero attached hydrogens (tertiary/aromatic N) is 2. The summed E-state index contributed by atoms with van der Waals surface area (Å²) < 4.78 is 5.21. The monoisotopic (exact) mass is 344 g/mol. The number of nitriles is 1. The summed E-state index contributed by atoms with van der Waals surface area (Å²) in [5, 5.41) is 10.1. The lowest BCUT2D eigenvalue weighted by Gasteiger charge is -2.18. The molecular weight excluding hydrogens is 324 g/mol. The highest BCUT2D eigenvalue weighted by Crippen LogP contribution is 2.24. The molecule has 0 fully saturated rings. The van der Waals surface area contributed by atoms with E-state index in [1.807, 2.05) is 30.3 Å². The third-order valence-corrected chi connectivity index (χ3v) is 4.30. The van der Waals surface area contributed by atoms with Gasteiger partial charge in [0.2, 0.25) is 0 Å². The average molecular weight is 344 g/mol. The third-order valence-electron chi connectivity index (χ3n) is 4.30. The minimum atomic E-state index is -0.607. The van der Waals surface area contributed by atoms with Gasteiger partial charge in [-0.05, 0) is 34.7 Å². The Morgan fingerprint density at radius 1 is 1.12 bits per heavy atom. The van der Waals surface area contributed by atoms with E-state index in [-0.39, 0.29) is 11.0 Å². The van der Waals surface area contributed by atoms with Gasteiger partial charge >= 0.3 is 5.63 Å². The first-order valence-corrected chi connectivity index (χ1v) is 8.48. The molecule has 0 amide bonds. The van der Waals surface area contributed by atoms with Crippen molar-refractivity contribution in [2.75, 3.05) is 0 Å². The van der Waals surface area contributed by atoms with Gasteiger partial charge in [-0.1, -0.05) is 51.1 Å². The number of hydrogen-bond donors (Lipinski definition) is 0. The van der Waals surface area contributed by atoms with Crippen molar-refractivity contribution < 1.29 is 4.42 Å². The van der Waals surface area contributed by atoms with Crippen molar-refractivity contribution in [1.29, 1.82) is 5.26 Å². The molecule has 3 rings (SSSR count). The summed E-state index contributed by atoms with van der Waals surface area (Å²) in [6, 6.07) is 17.3. The molecule has 130 valence electrons. The summed E-state index contributed by atoms with van der Waals surface area (Å²) in [5.41, 5.74) is 2.74. The Morgan fingerprint density at radius 3 is 2.46 bits per heavy atom. The van der Waals surface area contributed by atoms with Crippen molar-refractivity contribution in [2.45, 2.75) is 32.6 Å². The molecule has 0 bridgehead atoms. The largest absolute Gasteiger partial charge is 0.422 e. The van der Waals surface area contributed by atoms with Gasteiger partial charge in [0.25, 0.3) is 0 Å². The van der Waals surface area contributed by atoms with Gasteiger partial charge in [0.15, 0.2) is 0 Å². The van der Waals surface area contributed by atoms with Crippen molar-refractivity contribution in [2.24, 2.45) is 4.99 Å². The molecule has 1 aromatic heterocycles. The Bertz CT molecular complexity index is 1060. The SMILES string of the molecule is CC(C)(C)c1ccc(N=CCc2c(C#N)c(=O)oc3ccccc23)cc1. The number of aliphatic imine (C=N–C) groups is 1. The first kappa shape index (κ1) is 17.6. The van der Waals surface area contributed by atoms with E-state index in [1.165, 1.54) is 5.56 Å². The molecule has 4 nitrogen and oxygen atoms in total. The summed E-state index contributed by atoms with van der Waals surface area (Å²) in [5.74, 6) is 0. The lowest BCUT2D eigenvalue weighted by atomic mass is 9.87. The minimum absolute atomic E-state index is 0.0400. The zero-order valence-corrected chi connectivity index (χ0v) is 15.1. The van der Waals surface area contributed by atoms with Crippen LogP contribution < -0.4 is 5.63 Å². The van der Waals surface area contributed by atoms with E-state index in [9.17, 15) is 10.1 Å². The number of para-hydroxylation sites is 1. The first-order valence-electron chi connectivity index (χ1n) is 8.48. The molecule has 0 atom stereocenters. The molecule has 0 aliphatic carbocycles. The molecule has 3 aromatic rings. The van der Waals surface area contributed by atoms with Gasteiger partial charge in [0.05, 0.1) is 5.69 Å². The highest BCUT2D eigenvalue weighted by molar-refractivity contribution is 5.85. The third kappa shape index (κ3) is 3.57. The summed E-state index contributed by atoms with van der Waals surface area (Å²) in [6.45, 7) is 6.50. The predicted octanol–water partition coefficient (Wildman–Crippen LogP) is 4.91. The van der Waals surface area contributed by atoms with E-state index in [0.717, 1.165) is 11.1 Å². The fourth-order valence-electron chi connectivity index (χ4n) is 2.83. The van der Waals surface area contributed by atoms with Crippen LogP contribution in [0.4, 0.5) is 5.69 Å². The highest BCUT2D eigenvalue weighted by atomic mass is 16.4. The van der Waals surface area contributed by atoms with Crippen molar-refractivity contribution >= 4 is 22.9 Å². The van der Waals surface area contributed by atoms with Gasteiger partial charge in [0, 0.05) is 18.0 Å². The average Bonchev–Trinajstić information content (AvgIpc) is 2.61. The van der Waals surface area contributed by atoms with Gasteiger partial charge in [-0.15, -0.1) is 0 Å². The van der Waals surface area contributed by atoms with Crippen LogP contribution in [0.5, 0.6) is 0 Å². The van der Waals surface area contributed by atoms with E-state index in [1.54, 1.807) is 18.3 Å². The topological polar surface area (TPSA) is 66.4 Å². The van der Waals surface area contributed by atoms with Crippen LogP contribution in [0, 0.1) is 11.3 Å². The van der Waals surface area contributed by atoms with Gasteiger partial charge in [-0.2, -0.15) is 5.26 Å². The molecule has 0 saturated heterocycles. The maximum Gasteiger partial charge on any atom is 0.354 e. The van der Waals surface area contributed by atoms with Gasteiger partial charge in [-0.3, -0.25) is 4.99 Å². The summed E-state index contributed by atoms with van der Waals surface area (Å²) in [6.07, 6.45) is 2.12. The van der Waals surface area contributed by atoms with E-state index < -0.39 is 5.63 Å². The van der Waals surface area contributed by atoms with E-state index >= 15 is 0 Å². The van der Waals surface area contributed by atoms with Gasteiger partial charge < -0.3 is 4.42 Å². The van der Waals surface area contributed by atoms with Crippen molar-refractivity contribution in [1.82, 2.24) is 0 Å². The minimum Gasteiger partial charge on any atom is -0.422 e. The van der Waals surface area contributed by atoms with E-state index in [2.05, 4.69) is 37.9 Å². The zero-order chi connectivity index (χ0) is 18.7. The molecular formula is C22H20N2O2. The Morgan fingerprint density at radius 2 is 1.81 bits per heavy atom. The molecule has 1 heterocycles. The molecule has 0 radical (unpaired) electrons. The van der Waals surface area contributed by atoms with Crippen molar-refractivity contribution in [3.05, 3.63) is 75.6 Å². The van der Waals surface area contributed by atoms with Gasteiger partial charge in [-0.25, -0.2) is 4.79 Å². The quantitative estimate of drug-likeness (QED) is 0.501. The molecule has 0 saturated carbocycles. The smallest absolute Gasteiger partial charge is 0.354 e. The van der Waals surface area contributed by atoms with Crippen LogP contribution in [0.1, 0.15) is 37.5 Å². The Hall–Kier alpha value is -3.19. The molecule has 0 N–H and O–H groups in total. The number of benzene rings is 2. The van der Waals surface area contributed by atoms with Crippen LogP contribution in [-0.4, -0.2) is 6.21 Å². The maximum atomic E-state index is 12.0. The Labute approximate surface area is 152 Å². The second-order valence-corrected chi connectivity index (χ2v) is 7.16. The summed E-state index contributed by atoms with van der Waals surface area (Å²) in [4.78, 5) is 16.5. The lowest BCUT2D eigenvalue weighted by molar-refractivity contribution is 0.557. The summed E-state index contributed by atoms with van der Waals surface area (Å²) in [7, 11) is 0. The number of rotatable bonds is 3. The maximum absolute atomic E-state index is 12.0. The first-order chi connectivity index (χ1) is 12.4. The molecule has 4 heteroatoms. The van der Waals surface area contributed by atoms with Crippen molar-refractivity contribution in [3.63, 3.8) is 0 Å². The standard InChI is InChI=1S/C22H20N2O2/c1-22(2,3)15-8-10-16(11-9-15)24-13-12-17-18-6-4-5-7-20(18)26-21(25)19(17)14-23/h4-11,13H,12H2,1-3H3.